The molecule has 146 valence electrons. The van der Waals surface area contributed by atoms with E-state index in [4.69, 9.17) is 0 Å². The molecule has 3 heteroatoms. The van der Waals surface area contributed by atoms with Crippen molar-refractivity contribution in [3.63, 3.8) is 0 Å². The second kappa shape index (κ2) is 7.84. The van der Waals surface area contributed by atoms with Crippen LogP contribution < -0.4 is 0 Å². The maximum atomic E-state index is 12.9. The monoisotopic (exact) mass is 382 g/mol. The first-order valence-corrected chi connectivity index (χ1v) is 10.5. The highest BCUT2D eigenvalue weighted by Crippen LogP contribution is 2.40. The molecule has 0 bridgehead atoms. The topological polar surface area (TPSA) is 23.6 Å². The zero-order valence-corrected chi connectivity index (χ0v) is 16.6. The van der Waals surface area contributed by atoms with Gasteiger partial charge in [-0.3, -0.25) is 9.69 Å². The van der Waals surface area contributed by atoms with Crippen molar-refractivity contribution < 1.29 is 4.79 Å². The molecule has 0 unspecified atom stereocenters. The second-order valence-corrected chi connectivity index (χ2v) is 8.11. The molecule has 0 spiro atoms. The quantitative estimate of drug-likeness (QED) is 0.676. The van der Waals surface area contributed by atoms with Gasteiger partial charge in [0.2, 0.25) is 5.91 Å². The minimum atomic E-state index is 0.235. The summed E-state index contributed by atoms with van der Waals surface area (Å²) in [6, 6.07) is 30.0. The third-order valence-corrected chi connectivity index (χ3v) is 6.39. The number of amides is 1. The molecule has 0 N–H and O–H groups in total. The van der Waals surface area contributed by atoms with E-state index in [0.29, 0.717) is 18.4 Å². The number of nitrogens with zero attached hydrogens (tertiary/aromatic N) is 2. The Morgan fingerprint density at radius 2 is 1.41 bits per heavy atom. The molecule has 1 fully saturated rings. The summed E-state index contributed by atoms with van der Waals surface area (Å²) < 4.78 is 0. The molecule has 2 aliphatic heterocycles. The minimum absolute atomic E-state index is 0.235. The van der Waals surface area contributed by atoms with Crippen molar-refractivity contribution in [2.45, 2.75) is 18.4 Å². The first-order chi connectivity index (χ1) is 14.3. The molecule has 1 saturated heterocycles. The van der Waals surface area contributed by atoms with Crippen molar-refractivity contribution in [2.75, 3.05) is 26.2 Å². The Morgan fingerprint density at radius 3 is 2.17 bits per heavy atom. The van der Waals surface area contributed by atoms with E-state index < -0.39 is 0 Å². The Hall–Kier alpha value is -2.91. The average Bonchev–Trinajstić information content (AvgIpc) is 2.79. The van der Waals surface area contributed by atoms with E-state index in [1.165, 1.54) is 16.7 Å². The van der Waals surface area contributed by atoms with Crippen molar-refractivity contribution in [1.82, 2.24) is 9.80 Å². The van der Waals surface area contributed by atoms with Gasteiger partial charge >= 0.3 is 0 Å². The molecule has 2 aliphatic rings. The zero-order chi connectivity index (χ0) is 19.6. The molecule has 3 aromatic carbocycles. The Balaban J connectivity index is 1.40. The summed E-state index contributed by atoms with van der Waals surface area (Å²) in [5, 5.41) is 0. The molecule has 3 nitrogen and oxygen atoms in total. The molecular weight excluding hydrogens is 356 g/mol. The van der Waals surface area contributed by atoms with Gasteiger partial charge in [-0.25, -0.2) is 0 Å². The van der Waals surface area contributed by atoms with Gasteiger partial charge in [0.1, 0.15) is 0 Å². The van der Waals surface area contributed by atoms with Crippen LogP contribution in [0, 0.1) is 0 Å². The lowest BCUT2D eigenvalue weighted by Gasteiger charge is -2.47. The Morgan fingerprint density at radius 1 is 0.759 bits per heavy atom. The molecule has 0 aliphatic carbocycles. The molecule has 0 aromatic heterocycles. The third kappa shape index (κ3) is 3.58. The fourth-order valence-electron chi connectivity index (χ4n) is 4.88. The van der Waals surface area contributed by atoms with Crippen molar-refractivity contribution >= 4 is 5.91 Å². The van der Waals surface area contributed by atoms with E-state index in [0.717, 1.165) is 31.7 Å². The first kappa shape index (κ1) is 18.1. The van der Waals surface area contributed by atoms with Crippen molar-refractivity contribution in [1.29, 1.82) is 0 Å². The lowest BCUT2D eigenvalue weighted by Crippen LogP contribution is -2.53. The third-order valence-electron chi connectivity index (χ3n) is 6.39. The van der Waals surface area contributed by atoms with Crippen LogP contribution in [0.25, 0.3) is 0 Å². The summed E-state index contributed by atoms with van der Waals surface area (Å²) in [4.78, 5) is 17.6. The predicted octanol–water partition coefficient (Wildman–Crippen LogP) is 4.26. The number of carbonyl (C=O) groups excluding carboxylic acids is 1. The van der Waals surface area contributed by atoms with E-state index >= 15 is 0 Å². The van der Waals surface area contributed by atoms with Gasteiger partial charge in [0.15, 0.2) is 0 Å². The Bertz CT molecular complexity index is 986. The van der Waals surface area contributed by atoms with Crippen molar-refractivity contribution in [3.8, 4) is 0 Å². The zero-order valence-electron chi connectivity index (χ0n) is 16.6. The molecular formula is C26H26N2O. The summed E-state index contributed by atoms with van der Waals surface area (Å²) in [5.41, 5.74) is 5.26. The van der Waals surface area contributed by atoms with E-state index in [9.17, 15) is 4.79 Å². The van der Waals surface area contributed by atoms with Crippen LogP contribution in [0.1, 0.15) is 34.2 Å². The summed E-state index contributed by atoms with van der Waals surface area (Å²) in [6.45, 7) is 3.55. The van der Waals surface area contributed by atoms with Crippen molar-refractivity contribution in [2.24, 2.45) is 0 Å². The highest BCUT2D eigenvalue weighted by Gasteiger charge is 2.38. The summed E-state index contributed by atoms with van der Waals surface area (Å²) in [7, 11) is 0. The smallest absolute Gasteiger partial charge is 0.227 e. The fraction of sp³-hybridized carbons (Fsp3) is 0.269. The SMILES string of the molecule is O=C(Cc1ccccc1)N1CCN2C[C@@H](c3ccccc3)c3ccccc3[C@@H]2C1. The minimum Gasteiger partial charge on any atom is -0.339 e. The number of hydrogen-bond donors (Lipinski definition) is 0. The standard InChI is InChI=1S/C26H26N2O/c29-26(17-20-9-3-1-4-10-20)28-16-15-27-18-24(21-11-5-2-6-12-21)22-13-7-8-14-23(22)25(27)19-28/h1-14,24-25H,15-19H2/t24-,25-/m0/s1. The Labute approximate surface area is 172 Å². The molecule has 3 aromatic rings. The maximum absolute atomic E-state index is 12.9. The predicted molar refractivity (Wildman–Crippen MR) is 116 cm³/mol. The Kier molecular flexibility index (Phi) is 4.91. The molecule has 2 atom stereocenters. The number of fused-ring (bicyclic) bond motifs is 3. The lowest BCUT2D eigenvalue weighted by atomic mass is 9.80. The summed E-state index contributed by atoms with van der Waals surface area (Å²) >= 11 is 0. The van der Waals surface area contributed by atoms with Crippen LogP contribution in [-0.4, -0.2) is 41.9 Å². The van der Waals surface area contributed by atoms with Gasteiger partial charge in [-0.15, -0.1) is 0 Å². The van der Waals surface area contributed by atoms with E-state index in [2.05, 4.69) is 64.4 Å². The van der Waals surface area contributed by atoms with Gasteiger partial charge in [-0.05, 0) is 22.3 Å². The average molecular weight is 383 g/mol. The van der Waals surface area contributed by atoms with Gasteiger partial charge in [-0.1, -0.05) is 84.9 Å². The van der Waals surface area contributed by atoms with Crippen LogP contribution in [0.15, 0.2) is 84.9 Å². The van der Waals surface area contributed by atoms with Gasteiger partial charge in [0.05, 0.1) is 12.5 Å². The van der Waals surface area contributed by atoms with Crippen LogP contribution in [0.2, 0.25) is 0 Å². The van der Waals surface area contributed by atoms with Gasteiger partial charge in [-0.2, -0.15) is 0 Å². The highest BCUT2D eigenvalue weighted by atomic mass is 16.2. The second-order valence-electron chi connectivity index (χ2n) is 8.11. The number of carbonyl (C=O) groups is 1. The maximum Gasteiger partial charge on any atom is 0.227 e. The van der Waals surface area contributed by atoms with E-state index in [-0.39, 0.29) is 5.91 Å². The molecule has 0 saturated carbocycles. The van der Waals surface area contributed by atoms with Crippen LogP contribution in [0.3, 0.4) is 0 Å². The van der Waals surface area contributed by atoms with Gasteiger partial charge in [0, 0.05) is 32.1 Å². The number of benzene rings is 3. The van der Waals surface area contributed by atoms with E-state index in [1.807, 2.05) is 30.3 Å². The van der Waals surface area contributed by atoms with Gasteiger partial charge in [0.25, 0.3) is 0 Å². The van der Waals surface area contributed by atoms with Gasteiger partial charge < -0.3 is 4.90 Å². The highest BCUT2D eigenvalue weighted by molar-refractivity contribution is 5.79. The first-order valence-electron chi connectivity index (χ1n) is 10.5. The van der Waals surface area contributed by atoms with Crippen molar-refractivity contribution in [3.05, 3.63) is 107 Å². The molecule has 2 heterocycles. The van der Waals surface area contributed by atoms with Crippen LogP contribution in [-0.2, 0) is 11.2 Å². The molecule has 1 amide bonds. The fourth-order valence-corrected chi connectivity index (χ4v) is 4.88. The molecule has 5 rings (SSSR count). The van der Waals surface area contributed by atoms with Crippen LogP contribution >= 0.6 is 0 Å². The molecule has 0 radical (unpaired) electrons. The normalized spacial score (nSPS) is 21.3. The largest absolute Gasteiger partial charge is 0.339 e. The number of piperazine rings is 1. The summed E-state index contributed by atoms with van der Waals surface area (Å²) in [6.07, 6.45) is 0.488. The number of rotatable bonds is 3. The van der Waals surface area contributed by atoms with Crippen LogP contribution in [0.5, 0.6) is 0 Å². The van der Waals surface area contributed by atoms with E-state index in [1.54, 1.807) is 0 Å². The van der Waals surface area contributed by atoms with Crippen LogP contribution in [0.4, 0.5) is 0 Å². The number of hydrogen-bond acceptors (Lipinski definition) is 2. The molecule has 29 heavy (non-hydrogen) atoms. The lowest BCUT2D eigenvalue weighted by molar-refractivity contribution is -0.133. The summed E-state index contributed by atoms with van der Waals surface area (Å²) in [5.74, 6) is 0.633.